The summed E-state index contributed by atoms with van der Waals surface area (Å²) in [7, 11) is 0. The Morgan fingerprint density at radius 3 is 2.58 bits per heavy atom. The van der Waals surface area contributed by atoms with E-state index in [1.807, 2.05) is 31.2 Å². The third-order valence-corrected chi connectivity index (χ3v) is 3.54. The molecule has 96 valence electrons. The summed E-state index contributed by atoms with van der Waals surface area (Å²) in [6.45, 7) is 3.62. The molecule has 0 radical (unpaired) electrons. The minimum Gasteiger partial charge on any atom is -0.296 e. The monoisotopic (exact) mass is 273 g/mol. The van der Waals surface area contributed by atoms with Crippen molar-refractivity contribution in [3.05, 3.63) is 57.1 Å². The highest BCUT2D eigenvalue weighted by molar-refractivity contribution is 6.30. The number of benzene rings is 1. The molecule has 0 fully saturated rings. The minimum absolute atomic E-state index is 0.0669. The minimum atomic E-state index is -0.0669. The van der Waals surface area contributed by atoms with E-state index in [1.54, 1.807) is 13.1 Å². The molecule has 0 saturated carbocycles. The summed E-state index contributed by atoms with van der Waals surface area (Å²) in [5, 5.41) is 3.63. The van der Waals surface area contributed by atoms with Gasteiger partial charge in [-0.25, -0.2) is 9.50 Å². The normalized spacial score (nSPS) is 11.1. The van der Waals surface area contributed by atoms with Gasteiger partial charge < -0.3 is 0 Å². The number of nitrogens with one attached hydrogen (secondary N) is 1. The average molecular weight is 274 g/mol. The van der Waals surface area contributed by atoms with Crippen molar-refractivity contribution in [3.8, 4) is 11.1 Å². The summed E-state index contributed by atoms with van der Waals surface area (Å²) < 4.78 is 1.46. The van der Waals surface area contributed by atoms with Crippen molar-refractivity contribution in [1.29, 1.82) is 0 Å². The predicted octanol–water partition coefficient (Wildman–Crippen LogP) is 2.96. The largest absolute Gasteiger partial charge is 0.296 e. The van der Waals surface area contributed by atoms with Gasteiger partial charge in [-0.15, -0.1) is 0 Å². The van der Waals surface area contributed by atoms with E-state index >= 15 is 0 Å². The maximum absolute atomic E-state index is 12.1. The van der Waals surface area contributed by atoms with Gasteiger partial charge in [0, 0.05) is 28.0 Å². The van der Waals surface area contributed by atoms with Crippen LogP contribution in [0.3, 0.4) is 0 Å². The van der Waals surface area contributed by atoms with E-state index in [2.05, 4.69) is 10.1 Å². The molecule has 0 aliphatic rings. The lowest BCUT2D eigenvalue weighted by Gasteiger charge is -2.02. The molecular formula is C14H12ClN3O. The average Bonchev–Trinajstić information content (AvgIpc) is 2.81. The van der Waals surface area contributed by atoms with Crippen molar-refractivity contribution in [2.75, 3.05) is 0 Å². The number of aromatic amines is 1. The summed E-state index contributed by atoms with van der Waals surface area (Å²) in [5.74, 6) is 0. The number of halogens is 1. The lowest BCUT2D eigenvalue weighted by molar-refractivity contribution is 0.873. The fourth-order valence-electron chi connectivity index (χ4n) is 2.05. The molecule has 0 aliphatic carbocycles. The van der Waals surface area contributed by atoms with Crippen LogP contribution in [0.1, 0.15) is 11.3 Å². The van der Waals surface area contributed by atoms with Gasteiger partial charge in [0.15, 0.2) is 5.65 Å². The number of H-pyrrole nitrogens is 1. The number of hydrogen-bond acceptors (Lipinski definition) is 2. The Bertz CT molecular complexity index is 815. The van der Waals surface area contributed by atoms with E-state index in [0.717, 1.165) is 16.8 Å². The maximum Gasteiger partial charge on any atom is 0.275 e. The third kappa shape index (κ3) is 1.85. The molecule has 0 bridgehead atoms. The molecule has 0 unspecified atom stereocenters. The molecule has 0 spiro atoms. The molecule has 1 aromatic carbocycles. The van der Waals surface area contributed by atoms with Crippen LogP contribution in [-0.4, -0.2) is 14.6 Å². The van der Waals surface area contributed by atoms with Gasteiger partial charge in [0.1, 0.15) is 0 Å². The lowest BCUT2D eigenvalue weighted by atomic mass is 10.1. The number of nitrogens with zero attached hydrogens (tertiary/aromatic N) is 2. The Morgan fingerprint density at radius 1 is 1.21 bits per heavy atom. The van der Waals surface area contributed by atoms with Gasteiger partial charge in [-0.05, 0) is 31.5 Å². The zero-order valence-electron chi connectivity index (χ0n) is 10.6. The van der Waals surface area contributed by atoms with Crippen LogP contribution < -0.4 is 5.56 Å². The van der Waals surface area contributed by atoms with Gasteiger partial charge >= 0.3 is 0 Å². The number of fused-ring (bicyclic) bond motifs is 1. The van der Waals surface area contributed by atoms with Crippen LogP contribution in [-0.2, 0) is 0 Å². The van der Waals surface area contributed by atoms with Crippen molar-refractivity contribution in [2.24, 2.45) is 0 Å². The standard InChI is InChI=1S/C14H12ClN3O/c1-8-9(2)17-13-12(7-16-18(13)14(8)19)10-3-5-11(15)6-4-10/h3-7,16H,1-2H3. The summed E-state index contributed by atoms with van der Waals surface area (Å²) in [6.07, 6.45) is 1.78. The zero-order valence-corrected chi connectivity index (χ0v) is 11.3. The first-order valence-electron chi connectivity index (χ1n) is 5.91. The van der Waals surface area contributed by atoms with Crippen LogP contribution in [0.2, 0.25) is 5.02 Å². The molecule has 0 aliphatic heterocycles. The van der Waals surface area contributed by atoms with Crippen molar-refractivity contribution in [2.45, 2.75) is 13.8 Å². The van der Waals surface area contributed by atoms with Crippen LogP contribution in [0, 0.1) is 13.8 Å². The molecule has 1 N–H and O–H groups in total. The van der Waals surface area contributed by atoms with E-state index in [0.29, 0.717) is 16.2 Å². The van der Waals surface area contributed by atoms with Crippen LogP contribution in [0.5, 0.6) is 0 Å². The highest BCUT2D eigenvalue weighted by Gasteiger charge is 2.12. The Kier molecular flexibility index (Phi) is 2.68. The first-order valence-corrected chi connectivity index (χ1v) is 6.29. The predicted molar refractivity (Wildman–Crippen MR) is 75.7 cm³/mol. The summed E-state index contributed by atoms with van der Waals surface area (Å²) in [5.41, 5.74) is 3.83. The van der Waals surface area contributed by atoms with E-state index in [9.17, 15) is 4.79 Å². The second-order valence-electron chi connectivity index (χ2n) is 4.48. The van der Waals surface area contributed by atoms with Crippen LogP contribution in [0.15, 0.2) is 35.3 Å². The van der Waals surface area contributed by atoms with E-state index in [-0.39, 0.29) is 5.56 Å². The van der Waals surface area contributed by atoms with E-state index in [4.69, 9.17) is 11.6 Å². The molecule has 3 rings (SSSR count). The quantitative estimate of drug-likeness (QED) is 0.741. The second-order valence-corrected chi connectivity index (χ2v) is 4.92. The number of aromatic nitrogens is 3. The van der Waals surface area contributed by atoms with E-state index in [1.165, 1.54) is 4.52 Å². The summed E-state index contributed by atoms with van der Waals surface area (Å²) in [6, 6.07) is 7.46. The van der Waals surface area contributed by atoms with Crippen LogP contribution in [0.25, 0.3) is 16.8 Å². The number of aryl methyl sites for hydroxylation is 1. The molecule has 0 amide bonds. The lowest BCUT2D eigenvalue weighted by Crippen LogP contribution is -2.19. The van der Waals surface area contributed by atoms with Gasteiger partial charge in [-0.1, -0.05) is 23.7 Å². The van der Waals surface area contributed by atoms with Crippen molar-refractivity contribution in [3.63, 3.8) is 0 Å². The molecule has 0 saturated heterocycles. The van der Waals surface area contributed by atoms with Crippen molar-refractivity contribution >= 4 is 17.2 Å². The van der Waals surface area contributed by atoms with Crippen molar-refractivity contribution in [1.82, 2.24) is 14.6 Å². The smallest absolute Gasteiger partial charge is 0.275 e. The maximum atomic E-state index is 12.1. The highest BCUT2D eigenvalue weighted by Crippen LogP contribution is 2.24. The zero-order chi connectivity index (χ0) is 13.6. The third-order valence-electron chi connectivity index (χ3n) is 3.29. The molecule has 3 aromatic rings. The Balaban J connectivity index is 2.32. The molecule has 19 heavy (non-hydrogen) atoms. The molecular weight excluding hydrogens is 262 g/mol. The van der Waals surface area contributed by atoms with Gasteiger partial charge in [0.2, 0.25) is 0 Å². The highest BCUT2D eigenvalue weighted by atomic mass is 35.5. The summed E-state index contributed by atoms with van der Waals surface area (Å²) >= 11 is 5.88. The van der Waals surface area contributed by atoms with Gasteiger partial charge in [0.25, 0.3) is 5.56 Å². The topological polar surface area (TPSA) is 50.2 Å². The molecule has 4 nitrogen and oxygen atoms in total. The molecule has 0 atom stereocenters. The molecule has 2 aromatic heterocycles. The number of hydrogen-bond donors (Lipinski definition) is 1. The van der Waals surface area contributed by atoms with Gasteiger partial charge in [-0.3, -0.25) is 9.89 Å². The van der Waals surface area contributed by atoms with Gasteiger partial charge in [-0.2, -0.15) is 0 Å². The van der Waals surface area contributed by atoms with Gasteiger partial charge in [0.05, 0.1) is 0 Å². The second kappa shape index (κ2) is 4.24. The Morgan fingerprint density at radius 2 is 1.89 bits per heavy atom. The SMILES string of the molecule is Cc1nc2c(-c3ccc(Cl)cc3)c[nH]n2c(=O)c1C. The first kappa shape index (κ1) is 12.0. The Labute approximate surface area is 114 Å². The summed E-state index contributed by atoms with van der Waals surface area (Å²) in [4.78, 5) is 16.6. The van der Waals surface area contributed by atoms with Crippen molar-refractivity contribution < 1.29 is 0 Å². The number of rotatable bonds is 1. The fraction of sp³-hybridized carbons (Fsp3) is 0.143. The fourth-order valence-corrected chi connectivity index (χ4v) is 2.17. The van der Waals surface area contributed by atoms with E-state index < -0.39 is 0 Å². The first-order chi connectivity index (χ1) is 9.08. The van der Waals surface area contributed by atoms with Crippen LogP contribution in [0.4, 0.5) is 0 Å². The Hall–Kier alpha value is -2.07. The van der Waals surface area contributed by atoms with Crippen LogP contribution >= 0.6 is 11.6 Å². The molecule has 2 heterocycles. The molecule has 5 heteroatoms.